The Morgan fingerprint density at radius 1 is 1.12 bits per heavy atom. The zero-order chi connectivity index (χ0) is 23.3. The second-order valence-electron chi connectivity index (χ2n) is 7.25. The predicted molar refractivity (Wildman–Crippen MR) is 121 cm³/mol. The molecule has 9 nitrogen and oxygen atoms in total. The van der Waals surface area contributed by atoms with E-state index >= 15 is 0 Å². The summed E-state index contributed by atoms with van der Waals surface area (Å²) in [5.41, 5.74) is 3.20. The number of aryl methyl sites for hydroxylation is 2. The molecule has 1 aromatic heterocycles. The predicted octanol–water partition coefficient (Wildman–Crippen LogP) is 3.43. The van der Waals surface area contributed by atoms with Gasteiger partial charge in [0.15, 0.2) is 0 Å². The van der Waals surface area contributed by atoms with Crippen LogP contribution in [0.2, 0.25) is 0 Å². The lowest BCUT2D eigenvalue weighted by Crippen LogP contribution is -2.15. The molecule has 2 aromatic carbocycles. The van der Waals surface area contributed by atoms with Crippen molar-refractivity contribution in [2.45, 2.75) is 26.9 Å². The largest absolute Gasteiger partial charge is 0.495 e. The van der Waals surface area contributed by atoms with Crippen LogP contribution >= 0.6 is 0 Å². The molecule has 3 aromatic rings. The molecule has 3 rings (SSSR count). The van der Waals surface area contributed by atoms with Gasteiger partial charge in [0.25, 0.3) is 0 Å². The van der Waals surface area contributed by atoms with Gasteiger partial charge in [-0.25, -0.2) is 8.42 Å². The van der Waals surface area contributed by atoms with Gasteiger partial charge in [-0.05, 0) is 49.7 Å². The van der Waals surface area contributed by atoms with E-state index in [-0.39, 0.29) is 18.0 Å². The highest BCUT2D eigenvalue weighted by Crippen LogP contribution is 2.28. The maximum absolute atomic E-state index is 12.4. The highest BCUT2D eigenvalue weighted by molar-refractivity contribution is 7.92. The topological polar surface area (TPSA) is 120 Å². The molecule has 0 fully saturated rings. The third kappa shape index (κ3) is 6.24. The third-order valence-electron chi connectivity index (χ3n) is 4.63. The minimum absolute atomic E-state index is 0.144. The monoisotopic (exact) mass is 459 g/mol. The first-order chi connectivity index (χ1) is 15.1. The zero-order valence-corrected chi connectivity index (χ0v) is 19.1. The molecular formula is C22H25N3O6S. The number of anilines is 2. The molecule has 1 amide bonds. The normalized spacial score (nSPS) is 11.1. The number of hydrogen-bond donors (Lipinski definition) is 2. The lowest BCUT2D eigenvalue weighted by atomic mass is 10.1. The van der Waals surface area contributed by atoms with E-state index < -0.39 is 10.0 Å². The lowest BCUT2D eigenvalue weighted by molar-refractivity contribution is -0.115. The van der Waals surface area contributed by atoms with Gasteiger partial charge in [0.2, 0.25) is 15.9 Å². The van der Waals surface area contributed by atoms with E-state index in [0.717, 1.165) is 28.8 Å². The number of carbonyl (C=O) groups is 1. The van der Waals surface area contributed by atoms with Crippen molar-refractivity contribution < 1.29 is 27.2 Å². The highest BCUT2D eigenvalue weighted by atomic mass is 32.2. The Morgan fingerprint density at radius 2 is 1.84 bits per heavy atom. The molecule has 10 heteroatoms. The van der Waals surface area contributed by atoms with E-state index in [1.165, 1.54) is 13.2 Å². The van der Waals surface area contributed by atoms with E-state index in [1.807, 2.05) is 26.0 Å². The van der Waals surface area contributed by atoms with Crippen molar-refractivity contribution in [1.82, 2.24) is 5.16 Å². The van der Waals surface area contributed by atoms with Crippen LogP contribution < -0.4 is 19.5 Å². The fourth-order valence-corrected chi connectivity index (χ4v) is 3.58. The molecule has 170 valence electrons. The minimum atomic E-state index is -3.50. The first-order valence-electron chi connectivity index (χ1n) is 9.74. The molecular weight excluding hydrogens is 434 g/mol. The molecule has 32 heavy (non-hydrogen) atoms. The molecule has 0 bridgehead atoms. The van der Waals surface area contributed by atoms with Crippen LogP contribution in [-0.2, 0) is 27.8 Å². The lowest BCUT2D eigenvalue weighted by Gasteiger charge is -2.12. The summed E-state index contributed by atoms with van der Waals surface area (Å²) in [4.78, 5) is 12.4. The van der Waals surface area contributed by atoms with Gasteiger partial charge in [0.05, 0.1) is 36.7 Å². The van der Waals surface area contributed by atoms with Crippen LogP contribution in [0.4, 0.5) is 11.4 Å². The van der Waals surface area contributed by atoms with Gasteiger partial charge in [-0.2, -0.15) is 0 Å². The molecule has 2 N–H and O–H groups in total. The first kappa shape index (κ1) is 23.1. The van der Waals surface area contributed by atoms with Crippen molar-refractivity contribution in [2.24, 2.45) is 0 Å². The number of nitrogens with one attached hydrogen (secondary N) is 2. The quantitative estimate of drug-likeness (QED) is 0.503. The Hall–Kier alpha value is -3.53. The van der Waals surface area contributed by atoms with Gasteiger partial charge in [0, 0.05) is 5.69 Å². The van der Waals surface area contributed by atoms with E-state index in [4.69, 9.17) is 14.0 Å². The van der Waals surface area contributed by atoms with Crippen molar-refractivity contribution in [2.75, 3.05) is 23.4 Å². The maximum atomic E-state index is 12.4. The summed E-state index contributed by atoms with van der Waals surface area (Å²) in [6.45, 7) is 4.05. The molecule has 0 aliphatic rings. The number of carbonyl (C=O) groups excluding carboxylic acids is 1. The van der Waals surface area contributed by atoms with Crippen molar-refractivity contribution in [3.05, 3.63) is 65.0 Å². The molecule has 1 heterocycles. The number of methoxy groups -OCH3 is 1. The number of nitrogens with zero attached hydrogens (tertiary/aromatic N) is 1. The van der Waals surface area contributed by atoms with Crippen LogP contribution in [0.1, 0.15) is 22.6 Å². The van der Waals surface area contributed by atoms with Gasteiger partial charge in [0.1, 0.15) is 23.9 Å². The number of ether oxygens (including phenoxy) is 2. The van der Waals surface area contributed by atoms with E-state index in [9.17, 15) is 13.2 Å². The minimum Gasteiger partial charge on any atom is -0.495 e. The molecule has 0 aliphatic carbocycles. The van der Waals surface area contributed by atoms with Gasteiger partial charge in [-0.15, -0.1) is 0 Å². The van der Waals surface area contributed by atoms with Crippen LogP contribution in [0.5, 0.6) is 11.5 Å². The molecule has 0 atom stereocenters. The van der Waals surface area contributed by atoms with Crippen LogP contribution in [0.25, 0.3) is 0 Å². The Bertz CT molecular complexity index is 1180. The first-order valence-corrected chi connectivity index (χ1v) is 11.6. The molecule has 0 aliphatic heterocycles. The summed E-state index contributed by atoms with van der Waals surface area (Å²) in [5, 5.41) is 6.66. The molecule has 0 saturated heterocycles. The number of amides is 1. The van der Waals surface area contributed by atoms with E-state index in [2.05, 4.69) is 15.2 Å². The summed E-state index contributed by atoms with van der Waals surface area (Å²) in [5.74, 6) is 1.50. The van der Waals surface area contributed by atoms with Crippen LogP contribution in [0, 0.1) is 13.8 Å². The van der Waals surface area contributed by atoms with Crippen LogP contribution in [0.15, 0.2) is 47.0 Å². The molecule has 0 saturated carbocycles. The van der Waals surface area contributed by atoms with Crippen LogP contribution in [0.3, 0.4) is 0 Å². The Kier molecular flexibility index (Phi) is 7.04. The number of benzene rings is 2. The summed E-state index contributed by atoms with van der Waals surface area (Å²) in [6, 6.07) is 11.9. The summed E-state index contributed by atoms with van der Waals surface area (Å²) in [7, 11) is -2.06. The van der Waals surface area contributed by atoms with Crippen molar-refractivity contribution in [3.8, 4) is 11.5 Å². The van der Waals surface area contributed by atoms with Gasteiger partial charge in [-0.3, -0.25) is 9.52 Å². The van der Waals surface area contributed by atoms with E-state index in [1.54, 1.807) is 24.3 Å². The Balaban J connectivity index is 1.59. The van der Waals surface area contributed by atoms with Gasteiger partial charge >= 0.3 is 0 Å². The van der Waals surface area contributed by atoms with Crippen molar-refractivity contribution >= 4 is 27.3 Å². The number of rotatable bonds is 9. The Morgan fingerprint density at radius 3 is 2.44 bits per heavy atom. The fraction of sp³-hybridized carbons (Fsp3) is 0.273. The maximum Gasteiger partial charge on any atom is 0.229 e. The smallest absolute Gasteiger partial charge is 0.229 e. The SMILES string of the molecule is COc1ccc(NC(=O)Cc2ccc(OCc3c(C)noc3C)cc2)cc1NS(C)(=O)=O. The fourth-order valence-electron chi connectivity index (χ4n) is 3.02. The molecule has 0 spiro atoms. The summed E-state index contributed by atoms with van der Waals surface area (Å²) in [6.07, 6.45) is 1.19. The average molecular weight is 460 g/mol. The standard InChI is InChI=1S/C22H25N3O6S/c1-14-19(15(2)31-24-14)13-30-18-8-5-16(6-9-18)11-22(26)23-17-7-10-21(29-3)20(12-17)25-32(4,27)28/h5-10,12,25H,11,13H2,1-4H3,(H,23,26). The van der Waals surface area contributed by atoms with Gasteiger partial charge in [-0.1, -0.05) is 17.3 Å². The summed E-state index contributed by atoms with van der Waals surface area (Å²) < 4.78 is 41.5. The highest BCUT2D eigenvalue weighted by Gasteiger charge is 2.12. The number of aromatic nitrogens is 1. The van der Waals surface area contributed by atoms with Crippen molar-refractivity contribution in [1.29, 1.82) is 0 Å². The van der Waals surface area contributed by atoms with Crippen molar-refractivity contribution in [3.63, 3.8) is 0 Å². The third-order valence-corrected chi connectivity index (χ3v) is 5.22. The molecule has 0 radical (unpaired) electrons. The second kappa shape index (κ2) is 9.73. The number of hydrogen-bond acceptors (Lipinski definition) is 7. The number of sulfonamides is 1. The summed E-state index contributed by atoms with van der Waals surface area (Å²) >= 11 is 0. The van der Waals surface area contributed by atoms with Gasteiger partial charge < -0.3 is 19.3 Å². The second-order valence-corrected chi connectivity index (χ2v) is 9.00. The Labute approximate surface area is 186 Å². The molecule has 0 unspecified atom stereocenters. The van der Waals surface area contributed by atoms with Crippen LogP contribution in [-0.4, -0.2) is 32.8 Å². The zero-order valence-electron chi connectivity index (χ0n) is 18.3. The average Bonchev–Trinajstić information content (AvgIpc) is 3.04. The van der Waals surface area contributed by atoms with E-state index in [0.29, 0.717) is 23.8 Å².